The van der Waals surface area contributed by atoms with E-state index in [2.05, 4.69) is 166 Å². The fraction of sp³-hybridized carbons (Fsp3) is 0.0286. The molecule has 0 aliphatic heterocycles. The molecule has 0 atom stereocenters. The van der Waals surface area contributed by atoms with Crippen molar-refractivity contribution in [1.29, 1.82) is 0 Å². The fourth-order valence-corrected chi connectivity index (χ4v) is 6.46. The van der Waals surface area contributed by atoms with Crippen LogP contribution in [0.5, 0.6) is 0 Å². The Kier molecular flexibility index (Phi) is 5.86. The number of aromatic nitrogens is 2. The zero-order valence-corrected chi connectivity index (χ0v) is 22.8. The minimum absolute atomic E-state index is 0.000752. The maximum atomic E-state index is 3.81. The van der Waals surface area contributed by atoms with Crippen LogP contribution in [0.25, 0.3) is 44.3 Å². The van der Waals surface area contributed by atoms with Crippen molar-refractivity contribution >= 4 is 44.4 Å². The number of hydrogen-bond acceptors (Lipinski definition) is 0. The van der Waals surface area contributed by atoms with Gasteiger partial charge in [0.05, 0.1) is 11.4 Å². The molecule has 5 aromatic carbocycles. The lowest BCUT2D eigenvalue weighted by Gasteiger charge is -2.23. The van der Waals surface area contributed by atoms with Crippen molar-refractivity contribution in [2.45, 2.75) is 5.92 Å². The van der Waals surface area contributed by atoms with Crippen molar-refractivity contribution in [1.82, 2.24) is 9.97 Å². The molecule has 0 aliphatic rings. The van der Waals surface area contributed by atoms with Crippen molar-refractivity contribution in [3.05, 3.63) is 154 Å². The number of benzene rings is 5. The van der Waals surface area contributed by atoms with Gasteiger partial charge < -0.3 is 9.97 Å². The third-order valence-corrected chi connectivity index (χ3v) is 8.39. The molecule has 0 unspecified atom stereocenters. The number of nitrogens with one attached hydrogen (secondary N) is 2. The van der Waals surface area contributed by atoms with E-state index in [9.17, 15) is 0 Å². The Morgan fingerprint density at radius 1 is 0.447 bits per heavy atom. The molecular formula is C35H25IN2. The molecule has 0 spiro atoms. The Morgan fingerprint density at radius 2 is 0.868 bits per heavy atom. The highest BCUT2D eigenvalue weighted by atomic mass is 127. The molecule has 2 aromatic heterocycles. The molecule has 2 nitrogen and oxygen atoms in total. The zero-order chi connectivity index (χ0) is 25.5. The molecule has 0 saturated heterocycles. The number of H-pyrrole nitrogens is 2. The van der Waals surface area contributed by atoms with E-state index in [1.165, 1.54) is 53.5 Å². The molecule has 0 fully saturated rings. The minimum Gasteiger partial charge on any atom is -0.354 e. The van der Waals surface area contributed by atoms with Gasteiger partial charge in [0.2, 0.25) is 0 Å². The molecule has 2 heterocycles. The quantitative estimate of drug-likeness (QED) is 0.184. The van der Waals surface area contributed by atoms with E-state index in [1.807, 2.05) is 0 Å². The summed E-state index contributed by atoms with van der Waals surface area (Å²) in [7, 11) is 0. The summed E-state index contributed by atoms with van der Waals surface area (Å²) < 4.78 is 1.25. The summed E-state index contributed by atoms with van der Waals surface area (Å²) in [4.78, 5) is 7.61. The highest BCUT2D eigenvalue weighted by molar-refractivity contribution is 14.1. The molecule has 0 aliphatic carbocycles. The highest BCUT2D eigenvalue weighted by Crippen LogP contribution is 2.48. The molecule has 38 heavy (non-hydrogen) atoms. The molecule has 7 rings (SSSR count). The summed E-state index contributed by atoms with van der Waals surface area (Å²) in [6.45, 7) is 0. The molecule has 0 bridgehead atoms. The molecule has 2 N–H and O–H groups in total. The first-order chi connectivity index (χ1) is 18.8. The van der Waals surface area contributed by atoms with Crippen molar-refractivity contribution < 1.29 is 0 Å². The lowest BCUT2D eigenvalue weighted by Crippen LogP contribution is -2.07. The molecule has 0 radical (unpaired) electrons. The van der Waals surface area contributed by atoms with Gasteiger partial charge in [0.15, 0.2) is 0 Å². The number of aromatic amines is 2. The lowest BCUT2D eigenvalue weighted by molar-refractivity contribution is 0.994. The standard InChI is InChI=1S/C35H25IN2/c36-28-20-10-7-17-25(28)31(32-26-18-8-11-21-29(26)37-34(32)23-13-3-1-4-14-23)33-27-19-9-12-22-30(27)38-35(33)24-15-5-2-6-16-24/h1-22,31,37-38H. The van der Waals surface area contributed by atoms with Crippen molar-refractivity contribution in [3.63, 3.8) is 0 Å². The number of hydrogen-bond donors (Lipinski definition) is 2. The largest absolute Gasteiger partial charge is 0.354 e. The number of halogens is 1. The number of para-hydroxylation sites is 2. The van der Waals surface area contributed by atoms with Crippen LogP contribution < -0.4 is 0 Å². The van der Waals surface area contributed by atoms with E-state index >= 15 is 0 Å². The molecule has 0 saturated carbocycles. The average Bonchev–Trinajstić information content (AvgIpc) is 3.55. The summed E-state index contributed by atoms with van der Waals surface area (Å²) in [5.41, 5.74) is 10.9. The van der Waals surface area contributed by atoms with Crippen LogP contribution in [0.2, 0.25) is 0 Å². The second kappa shape index (κ2) is 9.66. The molecule has 0 amide bonds. The molecule has 7 aromatic rings. The first-order valence-corrected chi connectivity index (χ1v) is 13.9. The average molecular weight is 601 g/mol. The van der Waals surface area contributed by atoms with Crippen LogP contribution >= 0.6 is 22.6 Å². The molecule has 3 heteroatoms. The minimum atomic E-state index is 0.000752. The Bertz CT molecular complexity index is 1760. The monoisotopic (exact) mass is 600 g/mol. The smallest absolute Gasteiger partial charge is 0.0507 e. The van der Waals surface area contributed by atoms with Crippen molar-refractivity contribution in [2.75, 3.05) is 0 Å². The van der Waals surface area contributed by atoms with Crippen LogP contribution in [-0.2, 0) is 0 Å². The Labute approximate surface area is 235 Å². The van der Waals surface area contributed by atoms with Crippen molar-refractivity contribution in [2.24, 2.45) is 0 Å². The van der Waals surface area contributed by atoms with Gasteiger partial charge >= 0.3 is 0 Å². The lowest BCUT2D eigenvalue weighted by atomic mass is 9.80. The van der Waals surface area contributed by atoms with Gasteiger partial charge in [-0.15, -0.1) is 0 Å². The maximum absolute atomic E-state index is 3.81. The van der Waals surface area contributed by atoms with Gasteiger partial charge in [0, 0.05) is 31.3 Å². The van der Waals surface area contributed by atoms with Crippen LogP contribution in [0.4, 0.5) is 0 Å². The van der Waals surface area contributed by atoms with Gasteiger partial charge in [-0.25, -0.2) is 0 Å². The number of fused-ring (bicyclic) bond motifs is 2. The predicted octanol–water partition coefficient (Wildman–Crippen LogP) is 9.77. The van der Waals surface area contributed by atoms with Gasteiger partial charge in [0.25, 0.3) is 0 Å². The summed E-state index contributed by atoms with van der Waals surface area (Å²) in [5.74, 6) is 0.000752. The van der Waals surface area contributed by atoms with Crippen LogP contribution in [-0.4, -0.2) is 9.97 Å². The van der Waals surface area contributed by atoms with Crippen LogP contribution in [0, 0.1) is 3.57 Å². The van der Waals surface area contributed by atoms with Crippen LogP contribution in [0.1, 0.15) is 22.6 Å². The van der Waals surface area contributed by atoms with Gasteiger partial charge in [-0.3, -0.25) is 0 Å². The van der Waals surface area contributed by atoms with E-state index in [-0.39, 0.29) is 5.92 Å². The summed E-state index contributed by atoms with van der Waals surface area (Å²) in [6.07, 6.45) is 0. The predicted molar refractivity (Wildman–Crippen MR) is 168 cm³/mol. The summed E-state index contributed by atoms with van der Waals surface area (Å²) in [5, 5.41) is 2.50. The Hall–Kier alpha value is -4.09. The topological polar surface area (TPSA) is 31.6 Å². The third-order valence-electron chi connectivity index (χ3n) is 7.41. The van der Waals surface area contributed by atoms with E-state index in [0.717, 1.165) is 11.0 Å². The summed E-state index contributed by atoms with van der Waals surface area (Å²) >= 11 is 2.51. The van der Waals surface area contributed by atoms with E-state index < -0.39 is 0 Å². The van der Waals surface area contributed by atoms with E-state index in [4.69, 9.17) is 0 Å². The van der Waals surface area contributed by atoms with E-state index in [0.29, 0.717) is 0 Å². The normalized spacial score (nSPS) is 11.5. The maximum Gasteiger partial charge on any atom is 0.0507 e. The zero-order valence-electron chi connectivity index (χ0n) is 20.7. The van der Waals surface area contributed by atoms with Gasteiger partial charge in [-0.2, -0.15) is 0 Å². The first-order valence-electron chi connectivity index (χ1n) is 12.9. The third kappa shape index (κ3) is 3.86. The van der Waals surface area contributed by atoms with Crippen LogP contribution in [0.15, 0.2) is 133 Å². The van der Waals surface area contributed by atoms with Gasteiger partial charge in [0.1, 0.15) is 0 Å². The molecular weight excluding hydrogens is 575 g/mol. The van der Waals surface area contributed by atoms with Crippen LogP contribution in [0.3, 0.4) is 0 Å². The fourth-order valence-electron chi connectivity index (χ4n) is 5.76. The molecule has 182 valence electrons. The second-order valence-corrected chi connectivity index (χ2v) is 10.8. The van der Waals surface area contributed by atoms with E-state index in [1.54, 1.807) is 0 Å². The highest BCUT2D eigenvalue weighted by Gasteiger charge is 2.31. The summed E-state index contributed by atoms with van der Waals surface area (Å²) in [6, 6.07) is 47.7. The number of rotatable bonds is 5. The van der Waals surface area contributed by atoms with Gasteiger partial charge in [-0.1, -0.05) is 115 Å². The first kappa shape index (κ1) is 23.1. The van der Waals surface area contributed by atoms with Crippen molar-refractivity contribution in [3.8, 4) is 22.5 Å². The Morgan fingerprint density at radius 3 is 1.37 bits per heavy atom. The SMILES string of the molecule is Ic1ccccc1C(c1c(-c2ccccc2)[nH]c2ccccc12)c1c(-c2ccccc2)[nH]c2ccccc12. The van der Waals surface area contributed by atoms with Gasteiger partial charge in [-0.05, 0) is 68.6 Å². The Balaban J connectivity index is 1.64. The second-order valence-electron chi connectivity index (χ2n) is 9.61.